The molecular weight excluding hydrogens is 318 g/mol. The maximum Gasteiger partial charge on any atom is 0.240 e. The summed E-state index contributed by atoms with van der Waals surface area (Å²) in [5.41, 5.74) is 0.795. The second-order valence-corrected chi connectivity index (χ2v) is 7.63. The van der Waals surface area contributed by atoms with Crippen molar-refractivity contribution in [2.24, 2.45) is 0 Å². The first-order valence-corrected chi connectivity index (χ1v) is 9.32. The third kappa shape index (κ3) is 4.50. The van der Waals surface area contributed by atoms with Crippen LogP contribution in [0.2, 0.25) is 0 Å². The molecule has 22 heavy (non-hydrogen) atoms. The molecule has 0 aliphatic carbocycles. The Morgan fingerprint density at radius 1 is 1.14 bits per heavy atom. The van der Waals surface area contributed by atoms with Gasteiger partial charge in [0.25, 0.3) is 0 Å². The lowest BCUT2D eigenvalue weighted by atomic mass is 10.2. The molecule has 0 unspecified atom stereocenters. The number of hydrogen-bond donors (Lipinski definition) is 1. The molecule has 6 heteroatoms. The molecule has 0 saturated heterocycles. The van der Waals surface area contributed by atoms with Crippen molar-refractivity contribution in [2.75, 3.05) is 19.4 Å². The molecule has 0 radical (unpaired) electrons. The fourth-order valence-electron chi connectivity index (χ4n) is 1.96. The molecule has 0 atom stereocenters. The van der Waals surface area contributed by atoms with E-state index in [2.05, 4.69) is 4.72 Å². The molecule has 118 valence electrons. The Morgan fingerprint density at radius 3 is 2.50 bits per heavy atom. The van der Waals surface area contributed by atoms with Crippen LogP contribution < -0.4 is 9.46 Å². The number of aryl methyl sites for hydroxylation is 1. The van der Waals surface area contributed by atoms with Crippen LogP contribution in [0.3, 0.4) is 0 Å². The Balaban J connectivity index is 1.92. The molecule has 2 aromatic carbocycles. The minimum absolute atomic E-state index is 0.260. The largest absolute Gasteiger partial charge is 0.496 e. The summed E-state index contributed by atoms with van der Waals surface area (Å²) in [5, 5.41) is 0. The van der Waals surface area contributed by atoms with Gasteiger partial charge in [-0.05, 0) is 42.8 Å². The summed E-state index contributed by atoms with van der Waals surface area (Å²) < 4.78 is 32.2. The fraction of sp³-hybridized carbons (Fsp3) is 0.250. The van der Waals surface area contributed by atoms with Gasteiger partial charge in [0, 0.05) is 17.2 Å². The second kappa shape index (κ2) is 7.67. The third-order valence-corrected chi connectivity index (χ3v) is 5.56. The molecule has 0 aromatic heterocycles. The molecule has 0 saturated carbocycles. The van der Waals surface area contributed by atoms with E-state index in [0.717, 1.165) is 10.5 Å². The molecule has 0 spiro atoms. The number of hydrogen-bond acceptors (Lipinski definition) is 4. The van der Waals surface area contributed by atoms with E-state index < -0.39 is 10.0 Å². The topological polar surface area (TPSA) is 55.4 Å². The van der Waals surface area contributed by atoms with Crippen LogP contribution in [0.4, 0.5) is 0 Å². The van der Waals surface area contributed by atoms with Crippen LogP contribution in [0.1, 0.15) is 5.56 Å². The lowest BCUT2D eigenvalue weighted by Gasteiger charge is -2.09. The lowest BCUT2D eigenvalue weighted by molar-refractivity contribution is 0.411. The molecule has 2 aromatic rings. The summed E-state index contributed by atoms with van der Waals surface area (Å²) in [6, 6.07) is 14.7. The average molecular weight is 337 g/mol. The van der Waals surface area contributed by atoms with Gasteiger partial charge in [-0.3, -0.25) is 0 Å². The Labute approximate surface area is 135 Å². The zero-order valence-electron chi connectivity index (χ0n) is 12.6. The molecule has 0 bridgehead atoms. The van der Waals surface area contributed by atoms with Gasteiger partial charge < -0.3 is 4.74 Å². The normalized spacial score (nSPS) is 11.4. The van der Waals surface area contributed by atoms with Gasteiger partial charge in [0.1, 0.15) is 5.75 Å². The number of nitrogens with one attached hydrogen (secondary N) is 1. The summed E-state index contributed by atoms with van der Waals surface area (Å²) >= 11 is 1.62. The van der Waals surface area contributed by atoms with Crippen LogP contribution in [0.25, 0.3) is 0 Å². The van der Waals surface area contributed by atoms with E-state index in [9.17, 15) is 8.42 Å². The third-order valence-electron chi connectivity index (χ3n) is 3.08. The number of ether oxygens (including phenoxy) is 1. The minimum atomic E-state index is -3.48. The SMILES string of the molecule is COc1ccc(S(=O)(=O)NCCSc2ccccc2)cc1C. The van der Waals surface area contributed by atoms with Gasteiger partial charge in [0.15, 0.2) is 0 Å². The van der Waals surface area contributed by atoms with E-state index in [0.29, 0.717) is 18.0 Å². The summed E-state index contributed by atoms with van der Waals surface area (Å²) in [6.07, 6.45) is 0. The maximum atomic E-state index is 12.2. The molecule has 0 aliphatic rings. The Kier molecular flexibility index (Phi) is 5.88. The standard InChI is InChI=1S/C16H19NO3S2/c1-13-12-15(8-9-16(13)20-2)22(18,19)17-10-11-21-14-6-4-3-5-7-14/h3-9,12,17H,10-11H2,1-2H3. The molecule has 0 aliphatic heterocycles. The first kappa shape index (κ1) is 16.9. The van der Waals surface area contributed by atoms with E-state index in [-0.39, 0.29) is 4.90 Å². The lowest BCUT2D eigenvalue weighted by Crippen LogP contribution is -2.26. The van der Waals surface area contributed by atoms with Crippen molar-refractivity contribution in [3.63, 3.8) is 0 Å². The molecule has 1 N–H and O–H groups in total. The number of sulfonamides is 1. The highest BCUT2D eigenvalue weighted by molar-refractivity contribution is 7.99. The van der Waals surface area contributed by atoms with Crippen LogP contribution in [-0.2, 0) is 10.0 Å². The summed E-state index contributed by atoms with van der Waals surface area (Å²) in [6.45, 7) is 2.20. The Bertz CT molecular complexity index is 715. The smallest absolute Gasteiger partial charge is 0.240 e. The van der Waals surface area contributed by atoms with Gasteiger partial charge in [-0.1, -0.05) is 18.2 Å². The Morgan fingerprint density at radius 2 is 1.86 bits per heavy atom. The van der Waals surface area contributed by atoms with Gasteiger partial charge in [-0.15, -0.1) is 11.8 Å². The van der Waals surface area contributed by atoms with Gasteiger partial charge >= 0.3 is 0 Å². The summed E-state index contributed by atoms with van der Waals surface area (Å²) in [5.74, 6) is 1.36. The van der Waals surface area contributed by atoms with Crippen LogP contribution in [0.5, 0.6) is 5.75 Å². The predicted octanol–water partition coefficient (Wildman–Crippen LogP) is 3.07. The molecule has 0 heterocycles. The van der Waals surface area contributed by atoms with E-state index in [1.807, 2.05) is 37.3 Å². The van der Waals surface area contributed by atoms with E-state index in [1.54, 1.807) is 37.1 Å². The average Bonchev–Trinajstić information content (AvgIpc) is 2.52. The minimum Gasteiger partial charge on any atom is -0.496 e. The first-order valence-electron chi connectivity index (χ1n) is 6.85. The molecular formula is C16H19NO3S2. The zero-order valence-corrected chi connectivity index (χ0v) is 14.2. The van der Waals surface area contributed by atoms with Crippen molar-refractivity contribution in [1.82, 2.24) is 4.72 Å². The highest BCUT2D eigenvalue weighted by Crippen LogP contribution is 2.21. The van der Waals surface area contributed by atoms with E-state index >= 15 is 0 Å². The van der Waals surface area contributed by atoms with Crippen molar-refractivity contribution in [3.05, 3.63) is 54.1 Å². The highest BCUT2D eigenvalue weighted by Gasteiger charge is 2.14. The molecule has 0 fully saturated rings. The van der Waals surface area contributed by atoms with Crippen LogP contribution in [0, 0.1) is 6.92 Å². The van der Waals surface area contributed by atoms with Crippen LogP contribution in [0.15, 0.2) is 58.3 Å². The first-order chi connectivity index (χ1) is 10.5. The molecule has 0 amide bonds. The van der Waals surface area contributed by atoms with Gasteiger partial charge in [0.05, 0.1) is 12.0 Å². The number of benzene rings is 2. The number of thioether (sulfide) groups is 1. The van der Waals surface area contributed by atoms with Crippen LogP contribution in [-0.4, -0.2) is 27.8 Å². The number of rotatable bonds is 7. The van der Waals surface area contributed by atoms with Gasteiger partial charge in [-0.25, -0.2) is 13.1 Å². The fourth-order valence-corrected chi connectivity index (χ4v) is 4.00. The summed E-state index contributed by atoms with van der Waals surface area (Å²) in [7, 11) is -1.92. The molecule has 2 rings (SSSR count). The maximum absolute atomic E-state index is 12.2. The van der Waals surface area contributed by atoms with Crippen molar-refractivity contribution in [1.29, 1.82) is 0 Å². The van der Waals surface area contributed by atoms with Crippen molar-refractivity contribution < 1.29 is 13.2 Å². The summed E-state index contributed by atoms with van der Waals surface area (Å²) in [4.78, 5) is 1.39. The quantitative estimate of drug-likeness (QED) is 0.623. The van der Waals surface area contributed by atoms with Crippen LogP contribution >= 0.6 is 11.8 Å². The Hall–Kier alpha value is -1.50. The van der Waals surface area contributed by atoms with Crippen molar-refractivity contribution in [2.45, 2.75) is 16.7 Å². The van der Waals surface area contributed by atoms with Gasteiger partial charge in [-0.2, -0.15) is 0 Å². The highest BCUT2D eigenvalue weighted by atomic mass is 32.2. The van der Waals surface area contributed by atoms with Crippen molar-refractivity contribution in [3.8, 4) is 5.75 Å². The van der Waals surface area contributed by atoms with E-state index in [1.165, 1.54) is 0 Å². The monoisotopic (exact) mass is 337 g/mol. The van der Waals surface area contributed by atoms with Crippen molar-refractivity contribution >= 4 is 21.8 Å². The van der Waals surface area contributed by atoms with Gasteiger partial charge in [0.2, 0.25) is 10.0 Å². The van der Waals surface area contributed by atoms with E-state index in [4.69, 9.17) is 4.74 Å². The predicted molar refractivity (Wildman–Crippen MR) is 90.1 cm³/mol. The number of methoxy groups -OCH3 is 1. The molecule has 4 nitrogen and oxygen atoms in total. The second-order valence-electron chi connectivity index (χ2n) is 4.69. The zero-order chi connectivity index (χ0) is 16.0.